The van der Waals surface area contributed by atoms with E-state index in [1.165, 1.54) is 6.07 Å². The highest BCUT2D eigenvalue weighted by Gasteiger charge is 2.39. The van der Waals surface area contributed by atoms with Crippen molar-refractivity contribution in [3.8, 4) is 6.07 Å². The first-order valence-electron chi connectivity index (χ1n) is 7.27. The molecular formula is C14H13F6N5O2. The van der Waals surface area contributed by atoms with Gasteiger partial charge >= 0.3 is 18.3 Å². The molecule has 0 bridgehead atoms. The van der Waals surface area contributed by atoms with Crippen molar-refractivity contribution in [2.24, 2.45) is 0 Å². The number of rotatable bonds is 3. The molecule has 0 amide bonds. The maximum atomic E-state index is 12.2. The summed E-state index contributed by atoms with van der Waals surface area (Å²) in [5.74, 6) is -1.63. The third-order valence-corrected chi connectivity index (χ3v) is 3.06. The van der Waals surface area contributed by atoms with Gasteiger partial charge in [-0.3, -0.25) is 9.36 Å². The molecule has 148 valence electrons. The van der Waals surface area contributed by atoms with E-state index in [2.05, 4.69) is 10.2 Å². The van der Waals surface area contributed by atoms with Gasteiger partial charge in [0.25, 0.3) is 0 Å². The van der Waals surface area contributed by atoms with Crippen LogP contribution in [0.15, 0.2) is 12.4 Å². The van der Waals surface area contributed by atoms with E-state index in [0.29, 0.717) is 6.54 Å². The first kappa shape index (κ1) is 22.0. The molecule has 1 N–H and O–H groups in total. The minimum Gasteiger partial charge on any atom is -0.478 e. The Morgan fingerprint density at radius 3 is 1.78 bits per heavy atom. The molecule has 0 aliphatic rings. The second kappa shape index (κ2) is 8.11. The van der Waals surface area contributed by atoms with Gasteiger partial charge in [-0.05, 0) is 13.8 Å². The first-order chi connectivity index (χ1) is 12.3. The van der Waals surface area contributed by atoms with Crippen LogP contribution >= 0.6 is 0 Å². The lowest BCUT2D eigenvalue weighted by molar-refractivity contribution is -0.142. The number of hydrogen-bond acceptors (Lipinski definition) is 4. The first-order valence-corrected chi connectivity index (χ1v) is 7.27. The molecule has 0 aliphatic heterocycles. The van der Waals surface area contributed by atoms with Gasteiger partial charge in [0.05, 0.1) is 0 Å². The van der Waals surface area contributed by atoms with Crippen LogP contribution in [0.5, 0.6) is 0 Å². The van der Waals surface area contributed by atoms with Crippen LogP contribution in [-0.2, 0) is 25.4 Å². The second-order valence-electron chi connectivity index (χ2n) is 4.91. The number of nitrogens with zero attached hydrogens (tertiary/aromatic N) is 5. The molecule has 0 aliphatic carbocycles. The smallest absolute Gasteiger partial charge is 0.436 e. The minimum absolute atomic E-state index is 0.191. The molecule has 0 saturated heterocycles. The number of aromatic nitrogens is 4. The Kier molecular flexibility index (Phi) is 6.60. The molecule has 2 aromatic heterocycles. The number of carboxylic acids is 1. The summed E-state index contributed by atoms with van der Waals surface area (Å²) in [6.07, 6.45) is -7.33. The van der Waals surface area contributed by atoms with Gasteiger partial charge in [-0.25, -0.2) is 4.79 Å². The fourth-order valence-electron chi connectivity index (χ4n) is 1.82. The van der Waals surface area contributed by atoms with Gasteiger partial charge in [0.15, 0.2) is 11.4 Å². The van der Waals surface area contributed by atoms with Crippen molar-refractivity contribution in [3.05, 3.63) is 34.9 Å². The van der Waals surface area contributed by atoms with E-state index in [1.54, 1.807) is 13.8 Å². The minimum atomic E-state index is -4.73. The van der Waals surface area contributed by atoms with Crippen molar-refractivity contribution in [2.45, 2.75) is 39.3 Å². The van der Waals surface area contributed by atoms with Gasteiger partial charge < -0.3 is 5.11 Å². The number of hydrogen-bond donors (Lipinski definition) is 1. The van der Waals surface area contributed by atoms with Gasteiger partial charge in [0, 0.05) is 25.5 Å². The standard InChI is InChI=1S/C7H6F3N3.C7H7F3N2O2/c1-2-13-4-5(3-11)6(12-13)7(8,9)10;1-2-12-3-4(6(13)14)5(11-12)7(8,9)10/h4H,2H2,1H3;3H,2H2,1H3,(H,13,14). The number of nitriles is 1. The van der Waals surface area contributed by atoms with Crippen LogP contribution in [0.25, 0.3) is 0 Å². The van der Waals surface area contributed by atoms with Crippen LogP contribution in [0.1, 0.15) is 41.2 Å². The van der Waals surface area contributed by atoms with Gasteiger partial charge in [0.2, 0.25) is 0 Å². The van der Waals surface area contributed by atoms with Crippen LogP contribution in [0.3, 0.4) is 0 Å². The fourth-order valence-corrected chi connectivity index (χ4v) is 1.82. The molecule has 0 unspecified atom stereocenters. The highest BCUT2D eigenvalue weighted by molar-refractivity contribution is 5.88. The van der Waals surface area contributed by atoms with Gasteiger partial charge in [-0.2, -0.15) is 41.8 Å². The second-order valence-corrected chi connectivity index (χ2v) is 4.91. The normalized spacial score (nSPS) is 11.5. The number of aryl methyl sites for hydroxylation is 2. The average Bonchev–Trinajstić information content (AvgIpc) is 3.18. The SMILES string of the molecule is CCn1cc(C#N)c(C(F)(F)F)n1.CCn1cc(C(=O)O)c(C(F)(F)F)n1. The van der Waals surface area contributed by atoms with Crippen molar-refractivity contribution in [3.63, 3.8) is 0 Å². The average molecular weight is 397 g/mol. The van der Waals surface area contributed by atoms with Crippen LogP contribution in [0, 0.1) is 11.3 Å². The van der Waals surface area contributed by atoms with Crippen LogP contribution in [0.2, 0.25) is 0 Å². The lowest BCUT2D eigenvalue weighted by atomic mass is 10.2. The van der Waals surface area contributed by atoms with E-state index in [9.17, 15) is 31.1 Å². The Bertz CT molecular complexity index is 844. The van der Waals surface area contributed by atoms with Crippen LogP contribution < -0.4 is 0 Å². The maximum absolute atomic E-state index is 12.2. The molecule has 0 aromatic carbocycles. The predicted octanol–water partition coefficient (Wildman–Crippen LogP) is 3.41. The summed E-state index contributed by atoms with van der Waals surface area (Å²) in [4.78, 5) is 10.4. The zero-order chi connectivity index (χ0) is 21.0. The monoisotopic (exact) mass is 397 g/mol. The molecule has 7 nitrogen and oxygen atoms in total. The number of aromatic carboxylic acids is 1. The summed E-state index contributed by atoms with van der Waals surface area (Å²) >= 11 is 0. The summed E-state index contributed by atoms with van der Waals surface area (Å²) < 4.78 is 75.2. The molecule has 13 heteroatoms. The van der Waals surface area contributed by atoms with Gasteiger partial charge in [0.1, 0.15) is 17.2 Å². The maximum Gasteiger partial charge on any atom is 0.436 e. The Labute approximate surface area is 148 Å². The Morgan fingerprint density at radius 1 is 1.04 bits per heavy atom. The highest BCUT2D eigenvalue weighted by atomic mass is 19.4. The van der Waals surface area contributed by atoms with E-state index >= 15 is 0 Å². The zero-order valence-electron chi connectivity index (χ0n) is 13.9. The summed E-state index contributed by atoms with van der Waals surface area (Å²) in [6.45, 7) is 3.72. The number of alkyl halides is 6. The molecule has 0 fully saturated rings. The highest BCUT2D eigenvalue weighted by Crippen LogP contribution is 2.31. The molecule has 0 atom stereocenters. The van der Waals surface area contributed by atoms with Gasteiger partial charge in [-0.1, -0.05) is 0 Å². The van der Waals surface area contributed by atoms with E-state index in [4.69, 9.17) is 10.4 Å². The van der Waals surface area contributed by atoms with Crippen molar-refractivity contribution in [1.82, 2.24) is 19.6 Å². The summed E-state index contributed by atoms with van der Waals surface area (Å²) in [6, 6.07) is 1.45. The number of halogens is 6. The predicted molar refractivity (Wildman–Crippen MR) is 77.5 cm³/mol. The summed E-state index contributed by atoms with van der Waals surface area (Å²) in [7, 11) is 0. The summed E-state index contributed by atoms with van der Waals surface area (Å²) in [5, 5.41) is 23.2. The lowest BCUT2D eigenvalue weighted by Gasteiger charge is -2.02. The molecular weight excluding hydrogens is 384 g/mol. The van der Waals surface area contributed by atoms with E-state index < -0.39 is 40.8 Å². The summed E-state index contributed by atoms with van der Waals surface area (Å²) in [5.41, 5.74) is -3.72. The largest absolute Gasteiger partial charge is 0.478 e. The van der Waals surface area contributed by atoms with Crippen molar-refractivity contribution in [2.75, 3.05) is 0 Å². The number of carboxylic acid groups (broad SMARTS) is 1. The Balaban J connectivity index is 0.000000271. The Hall–Kier alpha value is -3.04. The van der Waals surface area contributed by atoms with Gasteiger partial charge in [-0.15, -0.1) is 0 Å². The molecule has 2 rings (SSSR count). The quantitative estimate of drug-likeness (QED) is 0.801. The van der Waals surface area contributed by atoms with Crippen molar-refractivity contribution < 1.29 is 36.2 Å². The lowest BCUT2D eigenvalue weighted by Crippen LogP contribution is -2.12. The zero-order valence-corrected chi connectivity index (χ0v) is 13.9. The number of carbonyl (C=O) groups is 1. The van der Waals surface area contributed by atoms with Crippen molar-refractivity contribution >= 4 is 5.97 Å². The third kappa shape index (κ3) is 5.47. The fraction of sp³-hybridized carbons (Fsp3) is 0.429. The van der Waals surface area contributed by atoms with Crippen LogP contribution in [0.4, 0.5) is 26.3 Å². The molecule has 0 radical (unpaired) electrons. The van der Waals surface area contributed by atoms with E-state index in [1.807, 2.05) is 0 Å². The molecule has 2 aromatic rings. The molecule has 27 heavy (non-hydrogen) atoms. The Morgan fingerprint density at radius 2 is 1.48 bits per heavy atom. The third-order valence-electron chi connectivity index (χ3n) is 3.06. The van der Waals surface area contributed by atoms with Crippen molar-refractivity contribution in [1.29, 1.82) is 5.26 Å². The molecule has 0 spiro atoms. The molecule has 0 saturated carbocycles. The van der Waals surface area contributed by atoms with Crippen LogP contribution in [-0.4, -0.2) is 30.6 Å². The van der Waals surface area contributed by atoms with E-state index in [0.717, 1.165) is 21.8 Å². The topological polar surface area (TPSA) is 96.7 Å². The molecule has 2 heterocycles. The van der Waals surface area contributed by atoms with E-state index in [-0.39, 0.29) is 6.54 Å².